The molecular weight excluding hydrogens is 328 g/mol. The zero-order valence-corrected chi connectivity index (χ0v) is 16.1. The van der Waals surface area contributed by atoms with Crippen LogP contribution in [-0.4, -0.2) is 33.5 Å². The van der Waals surface area contributed by atoms with Crippen molar-refractivity contribution in [2.45, 2.75) is 89.8 Å². The molecule has 2 fully saturated rings. The zero-order valence-electron chi connectivity index (χ0n) is 16.1. The smallest absolute Gasteiger partial charge is 0.303 e. The highest BCUT2D eigenvalue weighted by Crippen LogP contribution is 2.50. The van der Waals surface area contributed by atoms with Crippen LogP contribution in [0.4, 0.5) is 0 Å². The first-order valence-corrected chi connectivity index (χ1v) is 10.4. The molecule has 2 aliphatic carbocycles. The summed E-state index contributed by atoms with van der Waals surface area (Å²) in [5.74, 6) is 0.529. The first-order chi connectivity index (χ1) is 12.5. The molecule has 0 aromatic carbocycles. The van der Waals surface area contributed by atoms with Gasteiger partial charge in [-0.3, -0.25) is 4.79 Å². The van der Waals surface area contributed by atoms with Crippen molar-refractivity contribution in [2.75, 3.05) is 0 Å². The van der Waals surface area contributed by atoms with Gasteiger partial charge < -0.3 is 15.3 Å². The number of carbonyl (C=O) groups is 1. The van der Waals surface area contributed by atoms with Crippen molar-refractivity contribution in [3.63, 3.8) is 0 Å². The number of carboxylic acids is 1. The van der Waals surface area contributed by atoms with Crippen molar-refractivity contribution in [1.82, 2.24) is 0 Å². The number of hydrogen-bond acceptors (Lipinski definition) is 3. The Labute approximate surface area is 158 Å². The molecule has 3 N–H and O–H groups in total. The Morgan fingerprint density at radius 1 is 1.23 bits per heavy atom. The fourth-order valence-corrected chi connectivity index (χ4v) is 4.62. The second-order valence-electron chi connectivity index (χ2n) is 8.16. The summed E-state index contributed by atoms with van der Waals surface area (Å²) in [7, 11) is 0. The maximum atomic E-state index is 10.6. The first-order valence-electron chi connectivity index (χ1n) is 10.4. The van der Waals surface area contributed by atoms with Crippen molar-refractivity contribution in [3.05, 3.63) is 23.8 Å². The maximum absolute atomic E-state index is 10.6. The van der Waals surface area contributed by atoms with Crippen LogP contribution in [0, 0.1) is 17.8 Å². The molecule has 0 aliphatic heterocycles. The molecule has 0 amide bonds. The minimum Gasteiger partial charge on any atom is -0.481 e. The normalized spacial score (nSPS) is 31.0. The number of aliphatic hydroxyl groups is 2. The monoisotopic (exact) mass is 364 g/mol. The fraction of sp³-hybridized carbons (Fsp3) is 0.773. The molecule has 2 saturated carbocycles. The van der Waals surface area contributed by atoms with E-state index in [4.69, 9.17) is 5.11 Å². The van der Waals surface area contributed by atoms with Gasteiger partial charge in [0.2, 0.25) is 0 Å². The number of hydrogen-bond donors (Lipinski definition) is 3. The molecule has 4 heteroatoms. The Kier molecular flexibility index (Phi) is 8.86. The number of rotatable bonds is 11. The van der Waals surface area contributed by atoms with Crippen LogP contribution in [0.15, 0.2) is 23.8 Å². The third-order valence-electron chi connectivity index (χ3n) is 6.06. The van der Waals surface area contributed by atoms with Gasteiger partial charge in [-0.15, -0.1) is 0 Å². The van der Waals surface area contributed by atoms with Gasteiger partial charge in [-0.1, -0.05) is 50.0 Å². The molecule has 5 atom stereocenters. The lowest BCUT2D eigenvalue weighted by atomic mass is 9.91. The molecule has 0 unspecified atom stereocenters. The van der Waals surface area contributed by atoms with Gasteiger partial charge in [0.15, 0.2) is 0 Å². The highest BCUT2D eigenvalue weighted by molar-refractivity contribution is 5.66. The van der Waals surface area contributed by atoms with Crippen molar-refractivity contribution in [2.24, 2.45) is 17.8 Å². The molecule has 2 aliphatic rings. The van der Waals surface area contributed by atoms with E-state index in [1.54, 1.807) is 0 Å². The van der Waals surface area contributed by atoms with Crippen molar-refractivity contribution >= 4 is 5.97 Å². The van der Waals surface area contributed by atoms with E-state index in [9.17, 15) is 15.0 Å². The van der Waals surface area contributed by atoms with Gasteiger partial charge in [0.1, 0.15) is 0 Å². The summed E-state index contributed by atoms with van der Waals surface area (Å²) in [6.45, 7) is 2.17. The van der Waals surface area contributed by atoms with Gasteiger partial charge in [-0.25, -0.2) is 0 Å². The Balaban J connectivity index is 1.78. The van der Waals surface area contributed by atoms with Crippen LogP contribution in [0.5, 0.6) is 0 Å². The van der Waals surface area contributed by atoms with E-state index in [1.807, 2.05) is 0 Å². The number of aliphatic carboxylic acids is 1. The van der Waals surface area contributed by atoms with Gasteiger partial charge in [-0.05, 0) is 62.7 Å². The third-order valence-corrected chi connectivity index (χ3v) is 6.06. The lowest BCUT2D eigenvalue weighted by molar-refractivity contribution is -0.137. The second-order valence-corrected chi connectivity index (χ2v) is 8.16. The summed E-state index contributed by atoms with van der Waals surface area (Å²) in [4.78, 5) is 10.6. The summed E-state index contributed by atoms with van der Waals surface area (Å²) in [5.41, 5.74) is 1.39. The zero-order chi connectivity index (χ0) is 18.9. The number of fused-ring (bicyclic) bond motifs is 1. The average molecular weight is 365 g/mol. The molecule has 0 saturated heterocycles. The predicted molar refractivity (Wildman–Crippen MR) is 104 cm³/mol. The molecule has 0 bridgehead atoms. The Hall–Kier alpha value is -1.13. The maximum Gasteiger partial charge on any atom is 0.303 e. The molecule has 0 radical (unpaired) electrons. The topological polar surface area (TPSA) is 77.8 Å². The summed E-state index contributed by atoms with van der Waals surface area (Å²) >= 11 is 0. The quantitative estimate of drug-likeness (QED) is 0.373. The van der Waals surface area contributed by atoms with Crippen LogP contribution in [0.3, 0.4) is 0 Å². The minimum atomic E-state index is -0.732. The Morgan fingerprint density at radius 3 is 2.73 bits per heavy atom. The van der Waals surface area contributed by atoms with E-state index in [0.717, 1.165) is 38.5 Å². The highest BCUT2D eigenvalue weighted by atomic mass is 16.4. The number of aliphatic hydroxyl groups excluding tert-OH is 2. The Morgan fingerprint density at radius 2 is 2.00 bits per heavy atom. The molecule has 0 aromatic rings. The number of unbranched alkanes of at least 4 members (excludes halogenated alkanes) is 3. The van der Waals surface area contributed by atoms with Gasteiger partial charge in [-0.2, -0.15) is 0 Å². The molecule has 2 rings (SSSR count). The van der Waals surface area contributed by atoms with Gasteiger partial charge in [0, 0.05) is 6.42 Å². The van der Waals surface area contributed by atoms with Crippen LogP contribution in [0.1, 0.15) is 77.6 Å². The molecule has 148 valence electrons. The van der Waals surface area contributed by atoms with Crippen LogP contribution in [0.25, 0.3) is 0 Å². The molecule has 26 heavy (non-hydrogen) atoms. The van der Waals surface area contributed by atoms with Gasteiger partial charge in [0.25, 0.3) is 0 Å². The lowest BCUT2D eigenvalue weighted by Crippen LogP contribution is -2.13. The number of carboxylic acid groups (broad SMARTS) is 1. The van der Waals surface area contributed by atoms with Crippen LogP contribution < -0.4 is 0 Å². The molecule has 0 heterocycles. The minimum absolute atomic E-state index is 0.227. The first kappa shape index (κ1) is 21.2. The average Bonchev–Trinajstić information content (AvgIpc) is 3.13. The summed E-state index contributed by atoms with van der Waals surface area (Å²) in [6, 6.07) is 0. The van der Waals surface area contributed by atoms with E-state index < -0.39 is 5.97 Å². The predicted octanol–water partition coefficient (Wildman–Crippen LogP) is 4.46. The van der Waals surface area contributed by atoms with Crippen LogP contribution in [0.2, 0.25) is 0 Å². The van der Waals surface area contributed by atoms with E-state index in [-0.39, 0.29) is 18.6 Å². The number of allylic oxidation sites excluding steroid dienone is 3. The van der Waals surface area contributed by atoms with Crippen molar-refractivity contribution in [1.29, 1.82) is 0 Å². The van der Waals surface area contributed by atoms with E-state index in [2.05, 4.69) is 25.2 Å². The van der Waals surface area contributed by atoms with Crippen LogP contribution in [-0.2, 0) is 4.79 Å². The molecule has 0 aromatic heterocycles. The summed E-state index contributed by atoms with van der Waals surface area (Å²) in [5, 5.41) is 29.1. The largest absolute Gasteiger partial charge is 0.481 e. The van der Waals surface area contributed by atoms with E-state index in [0.29, 0.717) is 30.6 Å². The second kappa shape index (κ2) is 10.9. The van der Waals surface area contributed by atoms with Gasteiger partial charge >= 0.3 is 5.97 Å². The fourth-order valence-electron chi connectivity index (χ4n) is 4.62. The molecular formula is C22H36O4. The molecule has 4 nitrogen and oxygen atoms in total. The molecule has 0 spiro atoms. The highest BCUT2D eigenvalue weighted by Gasteiger charge is 2.45. The summed E-state index contributed by atoms with van der Waals surface area (Å²) in [6.07, 6.45) is 15.7. The SMILES string of the molecule is CCCCC[C@H](O)C/C=C/[C@@H]1C[C@@H](O)[C@H]2C/C(=C/CCCC(=O)O)C[C@H]21. The van der Waals surface area contributed by atoms with Gasteiger partial charge in [0.05, 0.1) is 12.2 Å². The van der Waals surface area contributed by atoms with E-state index >= 15 is 0 Å². The Bertz CT molecular complexity index is 496. The summed E-state index contributed by atoms with van der Waals surface area (Å²) < 4.78 is 0. The van der Waals surface area contributed by atoms with Crippen molar-refractivity contribution < 1.29 is 20.1 Å². The third kappa shape index (κ3) is 6.55. The standard InChI is InChI=1S/C22H36O4/c1-2-3-4-10-18(23)11-7-9-17-15-21(24)20-14-16(13-19(17)20)8-5-6-12-22(25)26/h7-9,17-21,23-24H,2-6,10-15H2,1H3,(H,25,26)/b9-7+,16-8+/t17-,18+,19+,20+,21-/m1/s1. The lowest BCUT2D eigenvalue weighted by Gasteiger charge is -2.14. The van der Waals surface area contributed by atoms with Crippen molar-refractivity contribution in [3.8, 4) is 0 Å². The van der Waals surface area contributed by atoms with E-state index in [1.165, 1.54) is 18.4 Å². The van der Waals surface area contributed by atoms with Crippen LogP contribution >= 0.6 is 0 Å².